The van der Waals surface area contributed by atoms with Crippen LogP contribution in [0, 0.1) is 5.41 Å². The molecule has 5 nitrogen and oxygen atoms in total. The van der Waals surface area contributed by atoms with Crippen LogP contribution in [0.2, 0.25) is 0 Å². The molecule has 1 fully saturated rings. The maximum atomic E-state index is 11.8. The summed E-state index contributed by atoms with van der Waals surface area (Å²) in [5, 5.41) is 0. The van der Waals surface area contributed by atoms with Crippen LogP contribution in [0.1, 0.15) is 33.1 Å². The van der Waals surface area contributed by atoms with Crippen molar-refractivity contribution in [3.63, 3.8) is 0 Å². The Kier molecular flexibility index (Phi) is 4.49. The monoisotopic (exact) mass is 311 g/mol. The first kappa shape index (κ1) is 16.1. The van der Waals surface area contributed by atoms with Gasteiger partial charge in [0.15, 0.2) is 0 Å². The fraction of sp³-hybridized carbons (Fsp3) is 0.600. The maximum Gasteiger partial charge on any atom is 0.242 e. The summed E-state index contributed by atoms with van der Waals surface area (Å²) in [6.45, 7) is 6.49. The predicted molar refractivity (Wildman–Crippen MR) is 86.9 cm³/mol. The van der Waals surface area contributed by atoms with Crippen LogP contribution in [0.3, 0.4) is 0 Å². The molecular weight excluding hydrogens is 286 g/mol. The van der Waals surface area contributed by atoms with Crippen LogP contribution < -0.4 is 15.4 Å². The van der Waals surface area contributed by atoms with Crippen molar-refractivity contribution >= 4 is 21.4 Å². The Morgan fingerprint density at radius 1 is 1.33 bits per heavy atom. The van der Waals surface area contributed by atoms with Crippen LogP contribution in [0.4, 0.5) is 11.4 Å². The average Bonchev–Trinajstić information content (AvgIpc) is 2.92. The van der Waals surface area contributed by atoms with Gasteiger partial charge in [-0.25, -0.2) is 13.1 Å². The van der Waals surface area contributed by atoms with Gasteiger partial charge in [-0.15, -0.1) is 0 Å². The summed E-state index contributed by atoms with van der Waals surface area (Å²) < 4.78 is 26.0. The standard InChI is InChI=1S/C15H25N3O2S/c1-4-15(5-2)8-9-18(11-15)12-6-7-14(13(16)10-12)21(19,20)17-3/h6-7,10,17H,4-5,8-9,11,16H2,1-3H3. The molecule has 6 heteroatoms. The van der Waals surface area contributed by atoms with Crippen molar-refractivity contribution < 1.29 is 8.42 Å². The zero-order chi connectivity index (χ0) is 15.7. The van der Waals surface area contributed by atoms with E-state index in [2.05, 4.69) is 23.5 Å². The highest BCUT2D eigenvalue weighted by molar-refractivity contribution is 7.89. The van der Waals surface area contributed by atoms with Gasteiger partial charge in [0.1, 0.15) is 4.90 Å². The van der Waals surface area contributed by atoms with E-state index in [-0.39, 0.29) is 4.90 Å². The molecule has 1 aliphatic rings. The summed E-state index contributed by atoms with van der Waals surface area (Å²) in [5.74, 6) is 0. The highest BCUT2D eigenvalue weighted by Gasteiger charge is 2.35. The van der Waals surface area contributed by atoms with Crippen molar-refractivity contribution in [1.82, 2.24) is 4.72 Å². The van der Waals surface area contributed by atoms with Gasteiger partial charge in [-0.3, -0.25) is 0 Å². The average molecular weight is 311 g/mol. The summed E-state index contributed by atoms with van der Waals surface area (Å²) in [7, 11) is -2.11. The SMILES string of the molecule is CCC1(CC)CCN(c2ccc(S(=O)(=O)NC)c(N)c2)C1. The molecular formula is C15H25N3O2S. The van der Waals surface area contributed by atoms with Crippen molar-refractivity contribution in [1.29, 1.82) is 0 Å². The number of benzene rings is 1. The second-order valence-electron chi connectivity index (χ2n) is 5.81. The molecule has 3 N–H and O–H groups in total. The predicted octanol–water partition coefficient (Wildman–Crippen LogP) is 2.19. The van der Waals surface area contributed by atoms with Gasteiger partial charge in [0, 0.05) is 18.8 Å². The lowest BCUT2D eigenvalue weighted by molar-refractivity contribution is 0.301. The summed E-state index contributed by atoms with van der Waals surface area (Å²) in [6, 6.07) is 5.21. The molecule has 0 spiro atoms. The number of rotatable bonds is 5. The van der Waals surface area contributed by atoms with Gasteiger partial charge < -0.3 is 10.6 Å². The Bertz CT molecular complexity index is 609. The van der Waals surface area contributed by atoms with Crippen molar-refractivity contribution in [2.45, 2.75) is 38.0 Å². The number of nitrogens with one attached hydrogen (secondary N) is 1. The molecule has 1 aliphatic heterocycles. The van der Waals surface area contributed by atoms with Crippen LogP contribution in [0.15, 0.2) is 23.1 Å². The minimum atomic E-state index is -3.49. The molecule has 21 heavy (non-hydrogen) atoms. The molecule has 1 saturated heterocycles. The number of nitrogen functional groups attached to an aromatic ring is 1. The lowest BCUT2D eigenvalue weighted by atomic mass is 9.82. The van der Waals surface area contributed by atoms with Gasteiger partial charge in [-0.1, -0.05) is 13.8 Å². The van der Waals surface area contributed by atoms with Gasteiger partial charge in [0.05, 0.1) is 5.69 Å². The Morgan fingerprint density at radius 2 is 2.00 bits per heavy atom. The lowest BCUT2D eigenvalue weighted by Crippen LogP contribution is -2.26. The van der Waals surface area contributed by atoms with Crippen molar-refractivity contribution in [3.05, 3.63) is 18.2 Å². The molecule has 118 valence electrons. The van der Waals surface area contributed by atoms with Gasteiger partial charge in [0.25, 0.3) is 0 Å². The van der Waals surface area contributed by atoms with Crippen molar-refractivity contribution in [2.24, 2.45) is 5.41 Å². The quantitative estimate of drug-likeness (QED) is 0.817. The third kappa shape index (κ3) is 3.01. The van der Waals surface area contributed by atoms with Gasteiger partial charge >= 0.3 is 0 Å². The highest BCUT2D eigenvalue weighted by Crippen LogP contribution is 2.39. The molecule has 0 aliphatic carbocycles. The third-order valence-electron chi connectivity index (χ3n) is 4.86. The summed E-state index contributed by atoms with van der Waals surface area (Å²) in [6.07, 6.45) is 3.51. The van der Waals surface area contributed by atoms with Crippen LogP contribution in [-0.2, 0) is 10.0 Å². The van der Waals surface area contributed by atoms with Crippen molar-refractivity contribution in [2.75, 3.05) is 30.8 Å². The molecule has 0 atom stereocenters. The summed E-state index contributed by atoms with van der Waals surface area (Å²) in [5.41, 5.74) is 7.62. The summed E-state index contributed by atoms with van der Waals surface area (Å²) in [4.78, 5) is 2.45. The fourth-order valence-corrected chi connectivity index (χ4v) is 3.91. The Balaban J connectivity index is 2.26. The molecule has 0 amide bonds. The molecule has 0 bridgehead atoms. The maximum absolute atomic E-state index is 11.8. The number of sulfonamides is 1. The number of nitrogens with two attached hydrogens (primary N) is 1. The van der Waals surface area contributed by atoms with E-state index in [0.717, 1.165) is 18.8 Å². The third-order valence-corrected chi connectivity index (χ3v) is 6.34. The van der Waals surface area contributed by atoms with Gasteiger partial charge in [-0.2, -0.15) is 0 Å². The van der Waals surface area contributed by atoms with Crippen LogP contribution in [-0.4, -0.2) is 28.6 Å². The van der Waals surface area contributed by atoms with E-state index in [4.69, 9.17) is 5.73 Å². The molecule has 0 aromatic heterocycles. The Morgan fingerprint density at radius 3 is 2.48 bits per heavy atom. The first-order chi connectivity index (χ1) is 9.87. The van der Waals surface area contributed by atoms with E-state index in [0.29, 0.717) is 11.1 Å². The molecule has 0 saturated carbocycles. The highest BCUT2D eigenvalue weighted by atomic mass is 32.2. The first-order valence-corrected chi connectivity index (χ1v) is 8.94. The van der Waals surface area contributed by atoms with Crippen LogP contribution in [0.25, 0.3) is 0 Å². The zero-order valence-electron chi connectivity index (χ0n) is 13.0. The van der Waals surface area contributed by atoms with Crippen LogP contribution in [0.5, 0.6) is 0 Å². The van der Waals surface area contributed by atoms with E-state index in [9.17, 15) is 8.42 Å². The van der Waals surface area contributed by atoms with Crippen LogP contribution >= 0.6 is 0 Å². The number of nitrogens with zero attached hydrogens (tertiary/aromatic N) is 1. The number of hydrogen-bond donors (Lipinski definition) is 2. The Labute approximate surface area is 127 Å². The Hall–Kier alpha value is -1.27. The molecule has 1 heterocycles. The van der Waals surface area contributed by atoms with E-state index < -0.39 is 10.0 Å². The number of anilines is 2. The van der Waals surface area contributed by atoms with E-state index in [1.807, 2.05) is 6.07 Å². The smallest absolute Gasteiger partial charge is 0.242 e. The zero-order valence-corrected chi connectivity index (χ0v) is 13.8. The fourth-order valence-electron chi connectivity index (χ4n) is 3.07. The lowest BCUT2D eigenvalue weighted by Gasteiger charge is -2.27. The molecule has 0 unspecified atom stereocenters. The van der Waals surface area contributed by atoms with Crippen molar-refractivity contribution in [3.8, 4) is 0 Å². The largest absolute Gasteiger partial charge is 0.398 e. The molecule has 0 radical (unpaired) electrons. The van der Waals surface area contributed by atoms with Gasteiger partial charge in [-0.05, 0) is 49.9 Å². The minimum Gasteiger partial charge on any atom is -0.398 e. The second-order valence-corrected chi connectivity index (χ2v) is 7.66. The molecule has 2 rings (SSSR count). The molecule has 1 aromatic rings. The summed E-state index contributed by atoms with van der Waals surface area (Å²) >= 11 is 0. The minimum absolute atomic E-state index is 0.144. The number of hydrogen-bond acceptors (Lipinski definition) is 4. The molecule has 1 aromatic carbocycles. The topological polar surface area (TPSA) is 75.4 Å². The second kappa shape index (κ2) is 5.85. The van der Waals surface area contributed by atoms with E-state index >= 15 is 0 Å². The first-order valence-electron chi connectivity index (χ1n) is 7.45. The van der Waals surface area contributed by atoms with Gasteiger partial charge in [0.2, 0.25) is 10.0 Å². The normalized spacial score (nSPS) is 18.1. The van der Waals surface area contributed by atoms with E-state index in [1.165, 1.54) is 26.3 Å². The van der Waals surface area contributed by atoms with E-state index in [1.54, 1.807) is 12.1 Å².